The Morgan fingerprint density at radius 2 is 1.70 bits per heavy atom. The van der Waals surface area contributed by atoms with Gasteiger partial charge >= 0.3 is 0 Å². The first-order valence-corrected chi connectivity index (χ1v) is 8.19. The zero-order valence-corrected chi connectivity index (χ0v) is 14.5. The van der Waals surface area contributed by atoms with Gasteiger partial charge < -0.3 is 0 Å². The average molecular weight is 352 g/mol. The zero-order valence-electron chi connectivity index (χ0n) is 12.2. The fourth-order valence-electron chi connectivity index (χ4n) is 2.33. The summed E-state index contributed by atoms with van der Waals surface area (Å²) in [7, 11) is 0. The molecule has 20 heavy (non-hydrogen) atoms. The van der Waals surface area contributed by atoms with Crippen LogP contribution in [0.4, 0.5) is 0 Å². The second-order valence-electron chi connectivity index (χ2n) is 5.73. The molecule has 2 rings (SSSR count). The topological polar surface area (TPSA) is 0 Å². The Morgan fingerprint density at radius 3 is 2.30 bits per heavy atom. The van der Waals surface area contributed by atoms with Crippen LogP contribution in [-0.4, -0.2) is 0 Å². The van der Waals surface area contributed by atoms with Crippen LogP contribution in [0.2, 0.25) is 0 Å². The minimum Gasteiger partial charge on any atom is -0.113 e. The summed E-state index contributed by atoms with van der Waals surface area (Å²) in [6.07, 6.45) is 1.11. The molecule has 0 heterocycles. The fraction of sp³-hybridized carbons (Fsp3) is 0.333. The number of rotatable bonds is 4. The summed E-state index contributed by atoms with van der Waals surface area (Å²) in [5.74, 6) is 0.679. The number of hydrogen-bond acceptors (Lipinski definition) is 0. The summed E-state index contributed by atoms with van der Waals surface area (Å²) in [6.45, 7) is 6.57. The van der Waals surface area contributed by atoms with Crippen LogP contribution in [0.3, 0.4) is 0 Å². The van der Waals surface area contributed by atoms with Gasteiger partial charge in [-0.15, -0.1) is 11.6 Å². The Kier molecular flexibility index (Phi) is 5.29. The van der Waals surface area contributed by atoms with E-state index >= 15 is 0 Å². The molecule has 2 heteroatoms. The SMILES string of the molecule is Cc1ccc(Br)c(C(Cl)c2ccc(CC(C)C)cc2)c1. The van der Waals surface area contributed by atoms with E-state index in [-0.39, 0.29) is 5.38 Å². The summed E-state index contributed by atoms with van der Waals surface area (Å²) in [4.78, 5) is 0. The molecule has 0 nitrogen and oxygen atoms in total. The van der Waals surface area contributed by atoms with Gasteiger partial charge in [-0.2, -0.15) is 0 Å². The Hall–Kier alpha value is -0.790. The lowest BCUT2D eigenvalue weighted by Gasteiger charge is -2.14. The molecule has 0 amide bonds. The van der Waals surface area contributed by atoms with E-state index in [0.29, 0.717) is 5.92 Å². The summed E-state index contributed by atoms with van der Waals surface area (Å²) in [5, 5.41) is -0.114. The lowest BCUT2D eigenvalue weighted by Crippen LogP contribution is -1.98. The molecule has 1 unspecified atom stereocenters. The van der Waals surface area contributed by atoms with Crippen LogP contribution in [0.5, 0.6) is 0 Å². The molecule has 0 aliphatic rings. The van der Waals surface area contributed by atoms with Crippen molar-refractivity contribution in [2.45, 2.75) is 32.6 Å². The molecule has 1 atom stereocenters. The second kappa shape index (κ2) is 6.78. The van der Waals surface area contributed by atoms with Gasteiger partial charge in [0.05, 0.1) is 5.38 Å². The van der Waals surface area contributed by atoms with Crippen LogP contribution in [0.15, 0.2) is 46.9 Å². The predicted molar refractivity (Wildman–Crippen MR) is 91.6 cm³/mol. The third kappa shape index (κ3) is 3.86. The van der Waals surface area contributed by atoms with Crippen LogP contribution < -0.4 is 0 Å². The number of benzene rings is 2. The normalized spacial score (nSPS) is 12.7. The van der Waals surface area contributed by atoms with Crippen LogP contribution in [0.1, 0.15) is 41.5 Å². The molecule has 0 aromatic heterocycles. The van der Waals surface area contributed by atoms with E-state index < -0.39 is 0 Å². The van der Waals surface area contributed by atoms with Crippen molar-refractivity contribution in [2.75, 3.05) is 0 Å². The molecule has 0 saturated heterocycles. The third-order valence-electron chi connectivity index (χ3n) is 3.34. The fourth-order valence-corrected chi connectivity index (χ4v) is 3.26. The van der Waals surface area contributed by atoms with Crippen molar-refractivity contribution in [1.29, 1.82) is 0 Å². The van der Waals surface area contributed by atoms with Crippen molar-refractivity contribution in [3.05, 3.63) is 69.2 Å². The predicted octanol–water partition coefficient (Wildman–Crippen LogP) is 6.28. The van der Waals surface area contributed by atoms with E-state index in [2.05, 4.69) is 79.2 Å². The monoisotopic (exact) mass is 350 g/mol. The highest BCUT2D eigenvalue weighted by molar-refractivity contribution is 9.10. The quantitative estimate of drug-likeness (QED) is 0.568. The summed E-state index contributed by atoms with van der Waals surface area (Å²) in [5.41, 5.74) is 4.87. The van der Waals surface area contributed by atoms with Crippen molar-refractivity contribution in [3.63, 3.8) is 0 Å². The van der Waals surface area contributed by atoms with Gasteiger partial charge in [-0.1, -0.05) is 71.7 Å². The molecule has 0 spiro atoms. The first-order valence-electron chi connectivity index (χ1n) is 6.96. The van der Waals surface area contributed by atoms with Crippen LogP contribution in [-0.2, 0) is 6.42 Å². The van der Waals surface area contributed by atoms with E-state index in [9.17, 15) is 0 Å². The van der Waals surface area contributed by atoms with Gasteiger partial charge in [-0.05, 0) is 42.0 Å². The Morgan fingerprint density at radius 1 is 1.05 bits per heavy atom. The van der Waals surface area contributed by atoms with Crippen molar-refractivity contribution < 1.29 is 0 Å². The second-order valence-corrected chi connectivity index (χ2v) is 7.02. The maximum atomic E-state index is 6.64. The molecule has 0 radical (unpaired) electrons. The van der Waals surface area contributed by atoms with Gasteiger partial charge in [0.15, 0.2) is 0 Å². The van der Waals surface area contributed by atoms with Gasteiger partial charge in [-0.3, -0.25) is 0 Å². The molecule has 0 aliphatic carbocycles. The van der Waals surface area contributed by atoms with E-state index in [0.717, 1.165) is 22.0 Å². The number of halogens is 2. The maximum Gasteiger partial charge on any atom is 0.0846 e. The van der Waals surface area contributed by atoms with Gasteiger partial charge in [0.25, 0.3) is 0 Å². The molecular formula is C18H20BrCl. The van der Waals surface area contributed by atoms with E-state index in [1.165, 1.54) is 11.1 Å². The third-order valence-corrected chi connectivity index (χ3v) is 4.55. The molecular weight excluding hydrogens is 332 g/mol. The lowest BCUT2D eigenvalue weighted by molar-refractivity contribution is 0.647. The lowest BCUT2D eigenvalue weighted by atomic mass is 9.98. The van der Waals surface area contributed by atoms with Crippen LogP contribution >= 0.6 is 27.5 Å². The van der Waals surface area contributed by atoms with Crippen LogP contribution in [0.25, 0.3) is 0 Å². The molecule has 106 valence electrons. The summed E-state index contributed by atoms with van der Waals surface area (Å²) in [6, 6.07) is 15.0. The number of aryl methyl sites for hydroxylation is 1. The highest BCUT2D eigenvalue weighted by Crippen LogP contribution is 2.34. The van der Waals surface area contributed by atoms with E-state index in [4.69, 9.17) is 11.6 Å². The first-order chi connectivity index (χ1) is 9.47. The minimum atomic E-state index is -0.114. The smallest absolute Gasteiger partial charge is 0.0846 e. The number of alkyl halides is 1. The largest absolute Gasteiger partial charge is 0.113 e. The maximum absolute atomic E-state index is 6.64. The van der Waals surface area contributed by atoms with E-state index in [1.807, 2.05) is 0 Å². The summed E-state index contributed by atoms with van der Waals surface area (Å²) >= 11 is 10.2. The Bertz CT molecular complexity index is 572. The van der Waals surface area contributed by atoms with Gasteiger partial charge in [0, 0.05) is 4.47 Å². The number of hydrogen-bond donors (Lipinski definition) is 0. The molecule has 0 fully saturated rings. The van der Waals surface area contributed by atoms with Crippen molar-refractivity contribution >= 4 is 27.5 Å². The molecule has 2 aromatic rings. The van der Waals surface area contributed by atoms with Crippen LogP contribution in [0, 0.1) is 12.8 Å². The van der Waals surface area contributed by atoms with Crippen molar-refractivity contribution in [1.82, 2.24) is 0 Å². The highest BCUT2D eigenvalue weighted by atomic mass is 79.9. The highest BCUT2D eigenvalue weighted by Gasteiger charge is 2.14. The van der Waals surface area contributed by atoms with Gasteiger partial charge in [-0.25, -0.2) is 0 Å². The van der Waals surface area contributed by atoms with E-state index in [1.54, 1.807) is 0 Å². The molecule has 0 saturated carbocycles. The Labute approximate surface area is 135 Å². The molecule has 2 aromatic carbocycles. The average Bonchev–Trinajstić information content (AvgIpc) is 2.41. The molecule has 0 N–H and O–H groups in total. The van der Waals surface area contributed by atoms with Gasteiger partial charge in [0.1, 0.15) is 0 Å². The molecule has 0 aliphatic heterocycles. The van der Waals surface area contributed by atoms with Gasteiger partial charge in [0.2, 0.25) is 0 Å². The Balaban J connectivity index is 2.24. The standard InChI is InChI=1S/C18H20BrCl/c1-12(2)10-14-5-7-15(8-6-14)18(20)16-11-13(3)4-9-17(16)19/h4-9,11-12,18H,10H2,1-3H3. The summed E-state index contributed by atoms with van der Waals surface area (Å²) < 4.78 is 1.06. The minimum absolute atomic E-state index is 0.114. The van der Waals surface area contributed by atoms with Crippen molar-refractivity contribution in [2.24, 2.45) is 5.92 Å². The first kappa shape index (κ1) is 15.6. The zero-order chi connectivity index (χ0) is 14.7. The van der Waals surface area contributed by atoms with Crippen molar-refractivity contribution in [3.8, 4) is 0 Å². The molecule has 0 bridgehead atoms.